The van der Waals surface area contributed by atoms with Crippen molar-refractivity contribution < 1.29 is 53.8 Å². The molecule has 1 aromatic heterocycles. The van der Waals surface area contributed by atoms with E-state index in [0.29, 0.717) is 16.1 Å². The predicted octanol–water partition coefficient (Wildman–Crippen LogP) is -2.88. The number of carboxylic acid groups (broad SMARTS) is 1. The molecule has 33 heavy (non-hydrogen) atoms. The van der Waals surface area contributed by atoms with Crippen molar-refractivity contribution >= 4 is 57.8 Å². The number of carboxylic acids is 1. The first kappa shape index (κ1) is 25.9. The van der Waals surface area contributed by atoms with Crippen LogP contribution in [0.3, 0.4) is 0 Å². The molecule has 2 aliphatic heterocycles. The Morgan fingerprint density at radius 3 is 2.67 bits per heavy atom. The Morgan fingerprint density at radius 1 is 1.30 bits per heavy atom. The normalized spacial score (nSPS) is 20.3. The molecular formula is C20H17N4NaO5S3. The molecule has 3 N–H and O–H groups in total. The van der Waals surface area contributed by atoms with E-state index in [-0.39, 0.29) is 51.9 Å². The maximum Gasteiger partial charge on any atom is 1.00 e. The number of nitrogens with zero attached hydrogens (tertiary/aromatic N) is 2. The van der Waals surface area contributed by atoms with E-state index in [1.807, 2.05) is 0 Å². The van der Waals surface area contributed by atoms with Gasteiger partial charge in [-0.25, -0.2) is 4.98 Å². The van der Waals surface area contributed by atoms with Gasteiger partial charge in [-0.2, -0.15) is 0 Å². The van der Waals surface area contributed by atoms with Crippen LogP contribution in [0.15, 0.2) is 53.2 Å². The molecule has 1 fully saturated rings. The van der Waals surface area contributed by atoms with E-state index < -0.39 is 35.2 Å². The fourth-order valence-corrected chi connectivity index (χ4v) is 6.36. The van der Waals surface area contributed by atoms with Crippen LogP contribution in [-0.4, -0.2) is 55.7 Å². The number of aromatic nitrogens is 1. The second-order valence-electron chi connectivity index (χ2n) is 6.94. The van der Waals surface area contributed by atoms with Gasteiger partial charge in [-0.1, -0.05) is 42.1 Å². The van der Waals surface area contributed by atoms with Gasteiger partial charge in [0.05, 0.1) is 11.7 Å². The molecule has 0 spiro atoms. The Labute approximate surface area is 223 Å². The number of fused-ring (bicyclic) bond motifs is 1. The molecule has 1 saturated heterocycles. The first-order valence-electron chi connectivity index (χ1n) is 9.44. The molecule has 2 amide bonds. The van der Waals surface area contributed by atoms with E-state index in [4.69, 9.17) is 5.73 Å². The van der Waals surface area contributed by atoms with Crippen LogP contribution in [0.2, 0.25) is 0 Å². The summed E-state index contributed by atoms with van der Waals surface area (Å²) >= 11 is 3.44. The number of hydrogen-bond acceptors (Lipinski definition) is 10. The summed E-state index contributed by atoms with van der Waals surface area (Å²) in [6.45, 7) is 0. The summed E-state index contributed by atoms with van der Waals surface area (Å²) in [6.07, 6.45) is 1.52. The van der Waals surface area contributed by atoms with Crippen LogP contribution in [0.5, 0.6) is 0 Å². The number of thioether (sulfide) groups is 2. The number of β-lactam (4-membered cyclic amide) rings is 1. The fourth-order valence-electron chi connectivity index (χ4n) is 3.38. The average Bonchev–Trinajstić information content (AvgIpc) is 3.35. The van der Waals surface area contributed by atoms with Gasteiger partial charge in [-0.3, -0.25) is 19.3 Å². The van der Waals surface area contributed by atoms with Crippen molar-refractivity contribution in [1.82, 2.24) is 15.2 Å². The third-order valence-electron chi connectivity index (χ3n) is 4.96. The number of aliphatic carboxylic acids is 1. The second-order valence-corrected chi connectivity index (χ2v) is 9.89. The summed E-state index contributed by atoms with van der Waals surface area (Å²) < 4.78 is 0. The van der Waals surface area contributed by atoms with E-state index >= 15 is 0 Å². The minimum atomic E-state index is -1.49. The van der Waals surface area contributed by atoms with Crippen LogP contribution in [-0.2, 0) is 14.4 Å². The largest absolute Gasteiger partial charge is 1.00 e. The summed E-state index contributed by atoms with van der Waals surface area (Å²) in [5, 5.41) is 15.6. The van der Waals surface area contributed by atoms with E-state index in [2.05, 4.69) is 10.3 Å². The minimum Gasteiger partial charge on any atom is -0.543 e. The first-order valence-corrected chi connectivity index (χ1v) is 12.4. The van der Waals surface area contributed by atoms with Gasteiger partial charge in [0.1, 0.15) is 17.5 Å². The minimum absolute atomic E-state index is 0. The second kappa shape index (κ2) is 11.2. The molecule has 2 aliphatic rings. The van der Waals surface area contributed by atoms with Crippen LogP contribution in [0, 0.1) is 0 Å². The van der Waals surface area contributed by atoms with Gasteiger partial charge < -0.3 is 21.0 Å². The molecule has 3 heterocycles. The summed E-state index contributed by atoms with van der Waals surface area (Å²) in [4.78, 5) is 54.3. The van der Waals surface area contributed by atoms with Gasteiger partial charge >= 0.3 is 29.6 Å². The Balaban J connectivity index is 0.00000306. The SMILES string of the molecule is N[C@@H](C(=O)NC1C(=O)N2C(C(=O)[O-])=C(CSC(=O)c3nccs3)CS[C@H]12)c1ccccc1.[Na+]. The molecule has 2 aromatic rings. The number of thiazole rings is 1. The maximum absolute atomic E-state index is 12.7. The van der Waals surface area contributed by atoms with Crippen LogP contribution in [0.25, 0.3) is 0 Å². The van der Waals surface area contributed by atoms with Gasteiger partial charge in [0, 0.05) is 23.1 Å². The van der Waals surface area contributed by atoms with E-state index in [0.717, 1.165) is 16.7 Å². The van der Waals surface area contributed by atoms with Crippen LogP contribution in [0.4, 0.5) is 0 Å². The summed E-state index contributed by atoms with van der Waals surface area (Å²) in [5.41, 5.74) is 6.77. The average molecular weight is 513 g/mol. The van der Waals surface area contributed by atoms with Crippen molar-refractivity contribution in [3.8, 4) is 0 Å². The third kappa shape index (κ3) is 5.37. The van der Waals surface area contributed by atoms with Crippen LogP contribution < -0.4 is 45.7 Å². The third-order valence-corrected chi connectivity index (χ3v) is 8.15. The van der Waals surface area contributed by atoms with E-state index in [9.17, 15) is 24.3 Å². The number of carbonyl (C=O) groups is 4. The van der Waals surface area contributed by atoms with Crippen molar-refractivity contribution in [3.05, 3.63) is 63.7 Å². The zero-order valence-corrected chi connectivity index (χ0v) is 21.9. The molecular weight excluding hydrogens is 495 g/mol. The topological polar surface area (TPSA) is 146 Å². The molecule has 13 heteroatoms. The monoisotopic (exact) mass is 512 g/mol. The zero-order valence-electron chi connectivity index (χ0n) is 17.4. The molecule has 0 bridgehead atoms. The summed E-state index contributed by atoms with van der Waals surface area (Å²) in [5.74, 6) is -2.19. The molecule has 3 atom stereocenters. The molecule has 0 saturated carbocycles. The van der Waals surface area contributed by atoms with Crippen molar-refractivity contribution in [2.45, 2.75) is 17.5 Å². The van der Waals surface area contributed by atoms with E-state index in [1.54, 1.807) is 35.7 Å². The smallest absolute Gasteiger partial charge is 0.543 e. The van der Waals surface area contributed by atoms with Crippen LogP contribution in [0.1, 0.15) is 21.4 Å². The Bertz CT molecular complexity index is 1100. The number of hydrogen-bond donors (Lipinski definition) is 2. The molecule has 166 valence electrons. The molecule has 1 aromatic carbocycles. The Kier molecular flexibility index (Phi) is 8.78. The van der Waals surface area contributed by atoms with Crippen molar-refractivity contribution in [2.75, 3.05) is 11.5 Å². The Hall–Kier alpha value is -1.67. The number of amides is 2. The summed E-state index contributed by atoms with van der Waals surface area (Å²) in [6, 6.07) is 6.89. The van der Waals surface area contributed by atoms with Gasteiger partial charge in [-0.15, -0.1) is 23.1 Å². The van der Waals surface area contributed by atoms with Crippen molar-refractivity contribution in [1.29, 1.82) is 0 Å². The Morgan fingerprint density at radius 2 is 2.03 bits per heavy atom. The molecule has 1 unspecified atom stereocenters. The standard InChI is InChI=1S/C20H18N4O5S3.Na/c21-12(10-4-2-1-3-5-10)15(25)23-13-17(26)24-14(19(27)28)11(8-31-18(13)24)9-32-20(29)16-22-6-7-30-16;/h1-7,12-13,18H,8-9,21H2,(H,23,25)(H,27,28);/q;+1/p-1/t12-,13?,18-;/m1./s1. The van der Waals surface area contributed by atoms with Gasteiger partial charge in [-0.05, 0) is 11.1 Å². The number of carbonyl (C=O) groups excluding carboxylic acids is 4. The van der Waals surface area contributed by atoms with Crippen LogP contribution >= 0.6 is 34.9 Å². The van der Waals surface area contributed by atoms with Gasteiger partial charge in [0.25, 0.3) is 5.91 Å². The number of nitrogens with two attached hydrogens (primary N) is 1. The maximum atomic E-state index is 12.7. The summed E-state index contributed by atoms with van der Waals surface area (Å²) in [7, 11) is 0. The number of benzene rings is 1. The number of nitrogens with one attached hydrogen (secondary N) is 1. The van der Waals surface area contributed by atoms with Gasteiger partial charge in [0.15, 0.2) is 5.01 Å². The number of rotatable bonds is 7. The predicted molar refractivity (Wildman–Crippen MR) is 119 cm³/mol. The molecule has 4 rings (SSSR count). The zero-order chi connectivity index (χ0) is 22.8. The molecule has 0 radical (unpaired) electrons. The quantitative estimate of drug-likeness (QED) is 0.295. The first-order chi connectivity index (χ1) is 15.4. The molecule has 9 nitrogen and oxygen atoms in total. The van der Waals surface area contributed by atoms with Crippen molar-refractivity contribution in [2.24, 2.45) is 5.73 Å². The van der Waals surface area contributed by atoms with Crippen molar-refractivity contribution in [3.63, 3.8) is 0 Å². The molecule has 0 aliphatic carbocycles. The van der Waals surface area contributed by atoms with Gasteiger partial charge in [0.2, 0.25) is 11.0 Å². The fraction of sp³-hybridized carbons (Fsp3) is 0.250. The van der Waals surface area contributed by atoms with E-state index in [1.165, 1.54) is 29.3 Å².